The van der Waals surface area contributed by atoms with E-state index >= 15 is 0 Å². The van der Waals surface area contributed by atoms with Gasteiger partial charge in [0.25, 0.3) is 0 Å². The molecule has 0 bridgehead atoms. The molecule has 1 aromatic heterocycles. The number of aliphatic carboxylic acids is 1. The molecule has 0 unspecified atom stereocenters. The van der Waals surface area contributed by atoms with Crippen molar-refractivity contribution in [2.75, 3.05) is 19.6 Å². The largest absolute Gasteiger partial charge is 0.480 e. The van der Waals surface area contributed by atoms with E-state index in [0.717, 1.165) is 5.56 Å². The molecule has 0 fully saturated rings. The van der Waals surface area contributed by atoms with Crippen molar-refractivity contribution in [3.8, 4) is 0 Å². The lowest BCUT2D eigenvalue weighted by atomic mass is 10.2. The highest BCUT2D eigenvalue weighted by atomic mass is 16.4. The number of urea groups is 1. The van der Waals surface area contributed by atoms with Crippen molar-refractivity contribution < 1.29 is 14.7 Å². The predicted octanol–water partition coefficient (Wildman–Crippen LogP) is 0.944. The molecule has 7 heteroatoms. The van der Waals surface area contributed by atoms with E-state index < -0.39 is 5.97 Å². The number of nitrogens with one attached hydrogen (secondary N) is 1. The lowest BCUT2D eigenvalue weighted by molar-refractivity contribution is -0.137. The molecular formula is C13H22N4O3. The molecule has 0 saturated heterocycles. The van der Waals surface area contributed by atoms with Gasteiger partial charge in [0.2, 0.25) is 0 Å². The summed E-state index contributed by atoms with van der Waals surface area (Å²) in [5, 5.41) is 15.6. The monoisotopic (exact) mass is 282 g/mol. The maximum atomic E-state index is 11.9. The van der Waals surface area contributed by atoms with Gasteiger partial charge in [-0.25, -0.2) is 4.79 Å². The Hall–Kier alpha value is -2.05. The first-order valence-electron chi connectivity index (χ1n) is 6.62. The van der Waals surface area contributed by atoms with Crippen LogP contribution in [0.25, 0.3) is 0 Å². The normalized spacial score (nSPS) is 10.6. The molecule has 2 N–H and O–H groups in total. The molecule has 1 rings (SSSR count). The fraction of sp³-hybridized carbons (Fsp3) is 0.615. The first-order valence-corrected chi connectivity index (χ1v) is 6.62. The van der Waals surface area contributed by atoms with Crippen molar-refractivity contribution >= 4 is 12.0 Å². The van der Waals surface area contributed by atoms with Crippen LogP contribution in [0.2, 0.25) is 0 Å². The minimum atomic E-state index is -1.01. The molecule has 112 valence electrons. The first kappa shape index (κ1) is 16.0. The van der Waals surface area contributed by atoms with Gasteiger partial charge in [0.1, 0.15) is 6.54 Å². The highest BCUT2D eigenvalue weighted by molar-refractivity contribution is 5.80. The van der Waals surface area contributed by atoms with Gasteiger partial charge in [-0.3, -0.25) is 9.48 Å². The van der Waals surface area contributed by atoms with Crippen molar-refractivity contribution in [3.05, 3.63) is 18.0 Å². The Labute approximate surface area is 118 Å². The van der Waals surface area contributed by atoms with Gasteiger partial charge in [0.15, 0.2) is 0 Å². The SMILES string of the molecule is Cc1cnn(CCNC(=O)N(CC(=O)O)CC(C)C)c1. The molecule has 1 aromatic rings. The third-order valence-corrected chi connectivity index (χ3v) is 2.58. The number of carbonyl (C=O) groups is 2. The Morgan fingerprint density at radius 1 is 1.50 bits per heavy atom. The summed E-state index contributed by atoms with van der Waals surface area (Å²) >= 11 is 0. The lowest BCUT2D eigenvalue weighted by Gasteiger charge is -2.23. The fourth-order valence-electron chi connectivity index (χ4n) is 1.80. The highest BCUT2D eigenvalue weighted by Gasteiger charge is 2.17. The van der Waals surface area contributed by atoms with Gasteiger partial charge >= 0.3 is 12.0 Å². The predicted molar refractivity (Wildman–Crippen MR) is 74.4 cm³/mol. The zero-order valence-electron chi connectivity index (χ0n) is 12.2. The van der Waals surface area contributed by atoms with E-state index in [1.807, 2.05) is 27.0 Å². The van der Waals surface area contributed by atoms with E-state index in [2.05, 4.69) is 10.4 Å². The Balaban J connectivity index is 2.42. The van der Waals surface area contributed by atoms with Crippen LogP contribution in [0.3, 0.4) is 0 Å². The quantitative estimate of drug-likeness (QED) is 0.779. The maximum absolute atomic E-state index is 11.9. The second kappa shape index (κ2) is 7.52. The summed E-state index contributed by atoms with van der Waals surface area (Å²) in [6.45, 7) is 6.92. The number of hydrogen-bond donors (Lipinski definition) is 2. The van der Waals surface area contributed by atoms with E-state index in [1.54, 1.807) is 10.9 Å². The molecule has 0 aliphatic carbocycles. The molecule has 0 spiro atoms. The zero-order valence-corrected chi connectivity index (χ0v) is 12.2. The topological polar surface area (TPSA) is 87.5 Å². The standard InChI is InChI=1S/C13H22N4O3/c1-10(2)7-16(9-12(18)19)13(20)14-4-5-17-8-11(3)6-15-17/h6,8,10H,4-5,7,9H2,1-3H3,(H,14,20)(H,18,19). The van der Waals surface area contributed by atoms with Crippen LogP contribution in [0.5, 0.6) is 0 Å². The Morgan fingerprint density at radius 2 is 2.20 bits per heavy atom. The van der Waals surface area contributed by atoms with E-state index in [4.69, 9.17) is 5.11 Å². The van der Waals surface area contributed by atoms with Crippen molar-refractivity contribution in [2.24, 2.45) is 5.92 Å². The van der Waals surface area contributed by atoms with Crippen LogP contribution in [0.15, 0.2) is 12.4 Å². The second-order valence-electron chi connectivity index (χ2n) is 5.18. The maximum Gasteiger partial charge on any atom is 0.323 e. The van der Waals surface area contributed by atoms with Gasteiger partial charge in [-0.05, 0) is 18.4 Å². The van der Waals surface area contributed by atoms with Crippen molar-refractivity contribution in [2.45, 2.75) is 27.3 Å². The molecule has 1 heterocycles. The van der Waals surface area contributed by atoms with Crippen LogP contribution in [0.1, 0.15) is 19.4 Å². The van der Waals surface area contributed by atoms with Crippen LogP contribution >= 0.6 is 0 Å². The van der Waals surface area contributed by atoms with Gasteiger partial charge in [0.05, 0.1) is 12.7 Å². The van der Waals surface area contributed by atoms with Crippen LogP contribution in [-0.4, -0.2) is 51.4 Å². The fourth-order valence-corrected chi connectivity index (χ4v) is 1.80. The van der Waals surface area contributed by atoms with Crippen LogP contribution in [-0.2, 0) is 11.3 Å². The molecule has 0 aromatic carbocycles. The summed E-state index contributed by atoms with van der Waals surface area (Å²) in [5.41, 5.74) is 1.06. The number of carboxylic acid groups (broad SMARTS) is 1. The molecule has 0 saturated carbocycles. The minimum absolute atomic E-state index is 0.217. The first-order chi connectivity index (χ1) is 9.38. The number of nitrogens with zero attached hydrogens (tertiary/aromatic N) is 3. The lowest BCUT2D eigenvalue weighted by Crippen LogP contribution is -2.45. The van der Waals surface area contributed by atoms with Crippen LogP contribution in [0.4, 0.5) is 4.79 Å². The van der Waals surface area contributed by atoms with E-state index in [9.17, 15) is 9.59 Å². The molecule has 0 aliphatic heterocycles. The van der Waals surface area contributed by atoms with Crippen LogP contribution in [0, 0.1) is 12.8 Å². The zero-order chi connectivity index (χ0) is 15.1. The van der Waals surface area contributed by atoms with Gasteiger partial charge < -0.3 is 15.3 Å². The van der Waals surface area contributed by atoms with Gasteiger partial charge in [0, 0.05) is 19.3 Å². The second-order valence-corrected chi connectivity index (χ2v) is 5.18. The molecule has 0 aliphatic rings. The summed E-state index contributed by atoms with van der Waals surface area (Å²) in [6.07, 6.45) is 3.63. The number of aromatic nitrogens is 2. The minimum Gasteiger partial charge on any atom is -0.480 e. The average Bonchev–Trinajstić information content (AvgIpc) is 2.73. The number of hydrogen-bond acceptors (Lipinski definition) is 3. The Morgan fingerprint density at radius 3 is 2.70 bits per heavy atom. The highest BCUT2D eigenvalue weighted by Crippen LogP contribution is 1.99. The van der Waals surface area contributed by atoms with E-state index in [0.29, 0.717) is 19.6 Å². The molecule has 7 nitrogen and oxygen atoms in total. The van der Waals surface area contributed by atoms with Gasteiger partial charge in [-0.15, -0.1) is 0 Å². The Kier molecular flexibility index (Phi) is 6.02. The summed E-state index contributed by atoms with van der Waals surface area (Å²) in [6, 6.07) is -0.357. The number of carbonyl (C=O) groups excluding carboxylic acids is 1. The molecule has 20 heavy (non-hydrogen) atoms. The Bertz CT molecular complexity index is 456. The van der Waals surface area contributed by atoms with Crippen molar-refractivity contribution in [1.29, 1.82) is 0 Å². The summed E-state index contributed by atoms with van der Waals surface area (Å²) in [5.74, 6) is -0.794. The summed E-state index contributed by atoms with van der Waals surface area (Å²) < 4.78 is 1.74. The smallest absolute Gasteiger partial charge is 0.323 e. The van der Waals surface area contributed by atoms with Gasteiger partial charge in [-0.2, -0.15) is 5.10 Å². The summed E-state index contributed by atoms with van der Waals surface area (Å²) in [4.78, 5) is 24.0. The average molecular weight is 282 g/mol. The van der Waals surface area contributed by atoms with Crippen LogP contribution < -0.4 is 5.32 Å². The van der Waals surface area contributed by atoms with E-state index in [1.165, 1.54) is 4.90 Å². The number of amides is 2. The number of rotatable bonds is 7. The molecule has 0 atom stereocenters. The number of carboxylic acids is 1. The van der Waals surface area contributed by atoms with E-state index in [-0.39, 0.29) is 18.5 Å². The number of aryl methyl sites for hydroxylation is 1. The van der Waals surface area contributed by atoms with Crippen molar-refractivity contribution in [3.63, 3.8) is 0 Å². The molecule has 2 amide bonds. The third kappa shape index (κ3) is 5.73. The molecule has 0 radical (unpaired) electrons. The van der Waals surface area contributed by atoms with Crippen molar-refractivity contribution in [1.82, 2.24) is 20.0 Å². The third-order valence-electron chi connectivity index (χ3n) is 2.58. The summed E-state index contributed by atoms with van der Waals surface area (Å²) in [7, 11) is 0. The molecular weight excluding hydrogens is 260 g/mol. The van der Waals surface area contributed by atoms with Gasteiger partial charge in [-0.1, -0.05) is 13.8 Å².